The normalized spacial score (nSPS) is 12.8. The first kappa shape index (κ1) is 14.0. The van der Waals surface area contributed by atoms with Crippen LogP contribution in [0.5, 0.6) is 5.75 Å². The van der Waals surface area contributed by atoms with Crippen LogP contribution in [0.2, 0.25) is 0 Å². The van der Waals surface area contributed by atoms with Crippen molar-refractivity contribution >= 4 is 0 Å². The van der Waals surface area contributed by atoms with Gasteiger partial charge in [-0.15, -0.1) is 0 Å². The van der Waals surface area contributed by atoms with Crippen molar-refractivity contribution in [2.45, 2.75) is 19.3 Å². The maximum atomic E-state index is 9.25. The van der Waals surface area contributed by atoms with Crippen LogP contribution in [-0.4, -0.2) is 44.4 Å². The topological polar surface area (TPSA) is 32.7 Å². The molecule has 1 aromatic rings. The Hall–Kier alpha value is -1.06. The van der Waals surface area contributed by atoms with Gasteiger partial charge in [-0.05, 0) is 37.7 Å². The van der Waals surface area contributed by atoms with Crippen molar-refractivity contribution in [1.82, 2.24) is 4.90 Å². The van der Waals surface area contributed by atoms with Gasteiger partial charge in [0.2, 0.25) is 0 Å². The predicted octanol–water partition coefficient (Wildman–Crippen LogP) is 1.90. The van der Waals surface area contributed by atoms with Gasteiger partial charge in [0.25, 0.3) is 0 Å². The lowest BCUT2D eigenvalue weighted by molar-refractivity contribution is 0.269. The van der Waals surface area contributed by atoms with Crippen LogP contribution in [0.15, 0.2) is 18.2 Å². The largest absolute Gasteiger partial charge is 0.496 e. The Kier molecular flexibility index (Phi) is 5.45. The second-order valence-electron chi connectivity index (χ2n) is 4.71. The predicted molar refractivity (Wildman–Crippen MR) is 70.8 cm³/mol. The number of hydrogen-bond donors (Lipinski definition) is 1. The van der Waals surface area contributed by atoms with Gasteiger partial charge in [-0.3, -0.25) is 0 Å². The lowest BCUT2D eigenvalue weighted by Gasteiger charge is -2.16. The third kappa shape index (κ3) is 4.02. The molecular formula is C14H23NO2. The zero-order chi connectivity index (χ0) is 12.8. The van der Waals surface area contributed by atoms with Crippen LogP contribution < -0.4 is 4.74 Å². The summed E-state index contributed by atoms with van der Waals surface area (Å²) in [5.74, 6) is 0.976. The van der Waals surface area contributed by atoms with Gasteiger partial charge in [-0.25, -0.2) is 0 Å². The van der Waals surface area contributed by atoms with Crippen LogP contribution in [0.25, 0.3) is 0 Å². The minimum absolute atomic E-state index is 0.115. The highest BCUT2D eigenvalue weighted by Gasteiger charge is 2.11. The molecule has 0 spiro atoms. The quantitative estimate of drug-likeness (QED) is 0.820. The van der Waals surface area contributed by atoms with Crippen LogP contribution >= 0.6 is 0 Å². The van der Waals surface area contributed by atoms with Gasteiger partial charge in [0, 0.05) is 19.1 Å². The van der Waals surface area contributed by atoms with E-state index >= 15 is 0 Å². The molecule has 0 aliphatic heterocycles. The second-order valence-corrected chi connectivity index (χ2v) is 4.71. The molecule has 0 aliphatic rings. The molecule has 0 fully saturated rings. The first-order chi connectivity index (χ1) is 8.08. The number of likely N-dealkylation sites (N-methyl/N-ethyl adjacent to an activating group) is 1. The Bertz CT molecular complexity index is 350. The van der Waals surface area contributed by atoms with Crippen LogP contribution in [0.4, 0.5) is 0 Å². The highest BCUT2D eigenvalue weighted by molar-refractivity contribution is 5.39. The lowest BCUT2D eigenvalue weighted by Crippen LogP contribution is -2.15. The summed E-state index contributed by atoms with van der Waals surface area (Å²) >= 11 is 0. The molecule has 0 bridgehead atoms. The summed E-state index contributed by atoms with van der Waals surface area (Å²) in [7, 11) is 5.81. The zero-order valence-electron chi connectivity index (χ0n) is 11.2. The maximum Gasteiger partial charge on any atom is 0.122 e. The molecule has 0 saturated carbocycles. The minimum Gasteiger partial charge on any atom is -0.496 e. The fourth-order valence-corrected chi connectivity index (χ4v) is 1.78. The summed E-state index contributed by atoms with van der Waals surface area (Å²) in [6.45, 7) is 3.18. The average Bonchev–Trinajstić information content (AvgIpc) is 2.34. The second kappa shape index (κ2) is 6.62. The van der Waals surface area contributed by atoms with E-state index in [1.807, 2.05) is 13.0 Å². The van der Waals surface area contributed by atoms with E-state index in [2.05, 4.69) is 31.1 Å². The molecular weight excluding hydrogens is 214 g/mol. The molecule has 0 heterocycles. The number of hydrogen-bond acceptors (Lipinski definition) is 3. The third-order valence-corrected chi connectivity index (χ3v) is 2.95. The number of aliphatic hydroxyl groups excluding tert-OH is 1. The number of methoxy groups -OCH3 is 1. The minimum atomic E-state index is 0.115. The smallest absolute Gasteiger partial charge is 0.122 e. The molecule has 1 aromatic carbocycles. The van der Waals surface area contributed by atoms with Gasteiger partial charge < -0.3 is 14.7 Å². The summed E-state index contributed by atoms with van der Waals surface area (Å²) in [5.41, 5.74) is 2.38. The summed E-state index contributed by atoms with van der Waals surface area (Å²) in [6.07, 6.45) is 1.02. The Morgan fingerprint density at radius 3 is 2.59 bits per heavy atom. The Labute approximate surface area is 104 Å². The molecule has 1 rings (SSSR count). The molecule has 0 amide bonds. The van der Waals surface area contributed by atoms with Crippen LogP contribution in [0.1, 0.15) is 24.0 Å². The molecule has 1 N–H and O–H groups in total. The fraction of sp³-hybridized carbons (Fsp3) is 0.571. The highest BCUT2D eigenvalue weighted by Crippen LogP contribution is 2.27. The molecule has 1 atom stereocenters. The van der Waals surface area contributed by atoms with Crippen molar-refractivity contribution < 1.29 is 9.84 Å². The van der Waals surface area contributed by atoms with Gasteiger partial charge in [0.05, 0.1) is 7.11 Å². The van der Waals surface area contributed by atoms with Gasteiger partial charge in [0.1, 0.15) is 5.75 Å². The van der Waals surface area contributed by atoms with E-state index in [1.165, 1.54) is 5.56 Å². The summed E-state index contributed by atoms with van der Waals surface area (Å²) in [6, 6.07) is 6.23. The summed E-state index contributed by atoms with van der Waals surface area (Å²) in [5, 5.41) is 9.25. The van der Waals surface area contributed by atoms with Crippen molar-refractivity contribution in [3.05, 3.63) is 29.3 Å². The molecule has 0 aromatic heterocycles. The SMILES string of the molecule is COc1ccc(CCN(C)C)cc1C(C)CO. The lowest BCUT2D eigenvalue weighted by atomic mass is 9.97. The highest BCUT2D eigenvalue weighted by atomic mass is 16.5. The van der Waals surface area contributed by atoms with Gasteiger partial charge in [-0.1, -0.05) is 19.1 Å². The van der Waals surface area contributed by atoms with Gasteiger partial charge >= 0.3 is 0 Å². The van der Waals surface area contributed by atoms with Crippen LogP contribution in [0.3, 0.4) is 0 Å². The van der Waals surface area contributed by atoms with E-state index in [9.17, 15) is 5.11 Å². The zero-order valence-corrected chi connectivity index (χ0v) is 11.2. The Morgan fingerprint density at radius 2 is 2.06 bits per heavy atom. The Morgan fingerprint density at radius 1 is 1.35 bits per heavy atom. The number of ether oxygens (including phenoxy) is 1. The van der Waals surface area contributed by atoms with E-state index in [0.717, 1.165) is 24.3 Å². The number of aliphatic hydroxyl groups is 1. The Balaban J connectivity index is 2.88. The monoisotopic (exact) mass is 237 g/mol. The number of rotatable bonds is 6. The average molecular weight is 237 g/mol. The molecule has 3 heteroatoms. The molecule has 0 radical (unpaired) electrons. The molecule has 3 nitrogen and oxygen atoms in total. The first-order valence-corrected chi connectivity index (χ1v) is 6.01. The molecule has 96 valence electrons. The number of nitrogens with zero attached hydrogens (tertiary/aromatic N) is 1. The molecule has 17 heavy (non-hydrogen) atoms. The first-order valence-electron chi connectivity index (χ1n) is 6.01. The van der Waals surface area contributed by atoms with Crippen molar-refractivity contribution in [3.63, 3.8) is 0 Å². The standard InChI is InChI=1S/C14H23NO2/c1-11(10-16)13-9-12(7-8-15(2)3)5-6-14(13)17-4/h5-6,9,11,16H,7-8,10H2,1-4H3. The van der Waals surface area contributed by atoms with Gasteiger partial charge in [-0.2, -0.15) is 0 Å². The summed E-state index contributed by atoms with van der Waals surface area (Å²) < 4.78 is 5.33. The van der Waals surface area contributed by atoms with Crippen LogP contribution in [0, 0.1) is 0 Å². The van der Waals surface area contributed by atoms with E-state index in [0.29, 0.717) is 0 Å². The maximum absolute atomic E-state index is 9.25. The van der Waals surface area contributed by atoms with Crippen molar-refractivity contribution in [3.8, 4) is 5.75 Å². The third-order valence-electron chi connectivity index (χ3n) is 2.95. The van der Waals surface area contributed by atoms with Crippen molar-refractivity contribution in [1.29, 1.82) is 0 Å². The molecule has 0 aliphatic carbocycles. The molecule has 0 saturated heterocycles. The van der Waals surface area contributed by atoms with Crippen molar-refractivity contribution in [2.24, 2.45) is 0 Å². The van der Waals surface area contributed by atoms with E-state index in [4.69, 9.17) is 4.74 Å². The van der Waals surface area contributed by atoms with Gasteiger partial charge in [0.15, 0.2) is 0 Å². The van der Waals surface area contributed by atoms with Crippen LogP contribution in [-0.2, 0) is 6.42 Å². The number of benzene rings is 1. The fourth-order valence-electron chi connectivity index (χ4n) is 1.78. The van der Waals surface area contributed by atoms with E-state index in [1.54, 1.807) is 7.11 Å². The van der Waals surface area contributed by atoms with Crippen molar-refractivity contribution in [2.75, 3.05) is 34.4 Å². The molecule has 1 unspecified atom stereocenters. The van der Waals surface area contributed by atoms with E-state index in [-0.39, 0.29) is 12.5 Å². The summed E-state index contributed by atoms with van der Waals surface area (Å²) in [4.78, 5) is 2.17. The van der Waals surface area contributed by atoms with E-state index < -0.39 is 0 Å².